The van der Waals surface area contributed by atoms with Crippen LogP contribution in [0.15, 0.2) is 58.4 Å². The minimum atomic E-state index is -0.763. The van der Waals surface area contributed by atoms with E-state index < -0.39 is 23.8 Å². The summed E-state index contributed by atoms with van der Waals surface area (Å²) < 4.78 is 21.3. The van der Waals surface area contributed by atoms with Crippen LogP contribution in [-0.2, 0) is 6.73 Å². The highest BCUT2D eigenvalue weighted by Gasteiger charge is 2.21. The molecule has 2 aromatic carbocycles. The lowest BCUT2D eigenvalue weighted by atomic mass is 10.1. The van der Waals surface area contributed by atoms with Crippen molar-refractivity contribution in [2.24, 2.45) is 0 Å². The van der Waals surface area contributed by atoms with Crippen LogP contribution in [0.1, 0.15) is 0 Å². The van der Waals surface area contributed by atoms with Gasteiger partial charge in [-0.15, -0.1) is 11.3 Å². The Kier molecular flexibility index (Phi) is 5.65. The van der Waals surface area contributed by atoms with Gasteiger partial charge in [0.15, 0.2) is 11.6 Å². The minimum absolute atomic E-state index is 0.0229. The summed E-state index contributed by atoms with van der Waals surface area (Å²) in [4.78, 5) is 31.6. The number of halogens is 3. The number of thiophene rings is 1. The highest BCUT2D eigenvalue weighted by Crippen LogP contribution is 2.39. The van der Waals surface area contributed by atoms with Gasteiger partial charge in [0.05, 0.1) is 34.6 Å². The number of pyridine rings is 1. The van der Waals surface area contributed by atoms with Crippen molar-refractivity contribution in [1.29, 1.82) is 0 Å². The zero-order valence-electron chi connectivity index (χ0n) is 17.4. The third kappa shape index (κ3) is 3.40. The van der Waals surface area contributed by atoms with Gasteiger partial charge in [-0.1, -0.05) is 35.3 Å². The van der Waals surface area contributed by atoms with Crippen molar-refractivity contribution >= 4 is 55.5 Å². The minimum Gasteiger partial charge on any atom is -0.494 e. The van der Waals surface area contributed by atoms with Gasteiger partial charge in [0.25, 0.3) is 5.56 Å². The number of hydrogen-bond acceptors (Lipinski definition) is 6. The second kappa shape index (κ2) is 8.52. The van der Waals surface area contributed by atoms with E-state index in [1.165, 1.54) is 19.4 Å². The Morgan fingerprint density at radius 2 is 1.94 bits per heavy atom. The molecule has 34 heavy (non-hydrogen) atoms. The molecule has 0 saturated heterocycles. The number of methoxy groups -OCH3 is 1. The molecule has 1 N–H and O–H groups in total. The Balaban J connectivity index is 1.86. The molecule has 7 nitrogen and oxygen atoms in total. The third-order valence-electron chi connectivity index (χ3n) is 5.42. The van der Waals surface area contributed by atoms with Crippen LogP contribution in [0, 0.1) is 5.82 Å². The van der Waals surface area contributed by atoms with E-state index in [0.717, 1.165) is 26.5 Å². The monoisotopic (exact) mass is 517 g/mol. The van der Waals surface area contributed by atoms with Crippen LogP contribution >= 0.6 is 34.5 Å². The Hall–Kier alpha value is -3.24. The highest BCUT2D eigenvalue weighted by molar-refractivity contribution is 7.22. The summed E-state index contributed by atoms with van der Waals surface area (Å²) in [5, 5.41) is 11.6. The van der Waals surface area contributed by atoms with Gasteiger partial charge in [-0.2, -0.15) is 0 Å². The van der Waals surface area contributed by atoms with Crippen molar-refractivity contribution in [3.63, 3.8) is 0 Å². The predicted molar refractivity (Wildman–Crippen MR) is 131 cm³/mol. The van der Waals surface area contributed by atoms with Crippen LogP contribution in [0.3, 0.4) is 0 Å². The number of benzene rings is 2. The summed E-state index contributed by atoms with van der Waals surface area (Å²) >= 11 is 13.7. The number of aliphatic hydroxyl groups excluding tert-OH is 1. The van der Waals surface area contributed by atoms with E-state index in [1.807, 2.05) is 0 Å². The van der Waals surface area contributed by atoms with Gasteiger partial charge in [0, 0.05) is 27.4 Å². The summed E-state index contributed by atoms with van der Waals surface area (Å²) in [7, 11) is 1.33. The van der Waals surface area contributed by atoms with Crippen LogP contribution in [0.25, 0.3) is 37.1 Å². The molecule has 0 radical (unpaired) electrons. The van der Waals surface area contributed by atoms with Crippen LogP contribution < -0.4 is 16.0 Å². The molecule has 3 aromatic heterocycles. The molecule has 0 unspecified atom stereocenters. The van der Waals surface area contributed by atoms with E-state index in [4.69, 9.17) is 27.9 Å². The molecule has 172 valence electrons. The molecule has 0 spiro atoms. The van der Waals surface area contributed by atoms with Gasteiger partial charge in [0.1, 0.15) is 11.4 Å². The predicted octanol–water partition coefficient (Wildman–Crippen LogP) is 4.83. The molecule has 3 heterocycles. The molecule has 5 aromatic rings. The first-order valence-electron chi connectivity index (χ1n) is 9.82. The van der Waals surface area contributed by atoms with Crippen molar-refractivity contribution in [3.05, 3.63) is 85.5 Å². The first-order valence-corrected chi connectivity index (χ1v) is 11.4. The van der Waals surface area contributed by atoms with E-state index in [9.17, 15) is 19.1 Å². The smallest absolute Gasteiger partial charge is 0.338 e. The molecule has 0 atom stereocenters. The van der Waals surface area contributed by atoms with E-state index in [2.05, 4.69) is 4.98 Å². The highest BCUT2D eigenvalue weighted by atomic mass is 35.5. The average molecular weight is 518 g/mol. The fraction of sp³-hybridized carbons (Fsp3) is 0.0870. The lowest BCUT2D eigenvalue weighted by Crippen LogP contribution is -2.38. The first kappa shape index (κ1) is 22.5. The summed E-state index contributed by atoms with van der Waals surface area (Å²) in [5.74, 6) is -0.655. The summed E-state index contributed by atoms with van der Waals surface area (Å²) in [5.41, 5.74) is -0.549. The maximum absolute atomic E-state index is 14.0. The van der Waals surface area contributed by atoms with Crippen LogP contribution in [-0.4, -0.2) is 26.3 Å². The fourth-order valence-corrected chi connectivity index (χ4v) is 5.55. The number of rotatable bonds is 4. The van der Waals surface area contributed by atoms with E-state index in [-0.39, 0.29) is 26.7 Å². The Morgan fingerprint density at radius 1 is 1.15 bits per heavy atom. The SMILES string of the molecule is COc1cc(-c2cc3c(s2)c(=O)n(-c2cncc4cccc(Cl)c24)c(=O)n3CO)c(Cl)cc1F. The van der Waals surface area contributed by atoms with Gasteiger partial charge in [-0.25, -0.2) is 13.8 Å². The second-order valence-corrected chi connectivity index (χ2v) is 9.15. The fourth-order valence-electron chi connectivity index (χ4n) is 3.84. The number of fused-ring (bicyclic) bond motifs is 2. The van der Waals surface area contributed by atoms with Crippen molar-refractivity contribution in [1.82, 2.24) is 14.1 Å². The molecule has 0 aliphatic heterocycles. The largest absolute Gasteiger partial charge is 0.494 e. The normalized spacial score (nSPS) is 11.4. The van der Waals surface area contributed by atoms with E-state index in [0.29, 0.717) is 26.2 Å². The number of aliphatic hydroxyl groups is 1. The van der Waals surface area contributed by atoms with Crippen molar-refractivity contribution in [3.8, 4) is 21.9 Å². The van der Waals surface area contributed by atoms with Gasteiger partial charge >= 0.3 is 5.69 Å². The second-order valence-electron chi connectivity index (χ2n) is 7.28. The topological polar surface area (TPSA) is 86.4 Å². The summed E-state index contributed by atoms with van der Waals surface area (Å²) in [6, 6.07) is 9.22. The molecule has 5 rings (SSSR count). The van der Waals surface area contributed by atoms with Crippen LogP contribution in [0.2, 0.25) is 10.0 Å². The number of hydrogen-bond donors (Lipinski definition) is 1. The average Bonchev–Trinajstić information content (AvgIpc) is 3.25. The lowest BCUT2D eigenvalue weighted by Gasteiger charge is -2.12. The third-order valence-corrected chi connectivity index (χ3v) is 7.20. The molecule has 0 aliphatic rings. The van der Waals surface area contributed by atoms with Crippen molar-refractivity contribution in [2.45, 2.75) is 6.73 Å². The van der Waals surface area contributed by atoms with Crippen molar-refractivity contribution in [2.75, 3.05) is 7.11 Å². The van der Waals surface area contributed by atoms with Gasteiger partial charge in [0.2, 0.25) is 0 Å². The summed E-state index contributed by atoms with van der Waals surface area (Å²) in [6.07, 6.45) is 2.95. The van der Waals surface area contributed by atoms with Crippen molar-refractivity contribution < 1.29 is 14.2 Å². The molecule has 0 fully saturated rings. The molecular formula is C23H14Cl2FN3O4S. The van der Waals surface area contributed by atoms with Gasteiger partial charge in [-0.3, -0.25) is 14.3 Å². The lowest BCUT2D eigenvalue weighted by molar-refractivity contribution is 0.208. The zero-order chi connectivity index (χ0) is 24.1. The van der Waals surface area contributed by atoms with Gasteiger partial charge in [-0.05, 0) is 24.3 Å². The van der Waals surface area contributed by atoms with Crippen LogP contribution in [0.4, 0.5) is 4.39 Å². The number of nitrogens with zero attached hydrogens (tertiary/aromatic N) is 3. The Labute approximate surface area is 204 Å². The molecule has 0 aliphatic carbocycles. The molecule has 11 heteroatoms. The zero-order valence-corrected chi connectivity index (χ0v) is 19.7. The molecular weight excluding hydrogens is 504 g/mol. The number of ether oxygens (including phenoxy) is 1. The standard InChI is InChI=1S/C23H14Cl2FN3O4S/c1-33-18-5-12(14(25)6-15(18)26)19-7-16-21(34-19)22(31)29(23(32)28(16)10-30)17-9-27-8-11-3-2-4-13(24)20(11)17/h2-9,30H,10H2,1H3. The maximum Gasteiger partial charge on any atom is 0.338 e. The number of aromatic nitrogens is 3. The molecule has 0 amide bonds. The summed E-state index contributed by atoms with van der Waals surface area (Å²) in [6.45, 7) is -0.682. The van der Waals surface area contributed by atoms with Crippen LogP contribution in [0.5, 0.6) is 5.75 Å². The molecule has 0 bridgehead atoms. The van der Waals surface area contributed by atoms with E-state index >= 15 is 0 Å². The Bertz CT molecular complexity index is 1720. The van der Waals surface area contributed by atoms with Gasteiger partial charge < -0.3 is 9.84 Å². The maximum atomic E-state index is 14.0. The molecule has 0 saturated carbocycles. The first-order chi connectivity index (χ1) is 16.3. The quantitative estimate of drug-likeness (QED) is 0.368. The Morgan fingerprint density at radius 3 is 2.68 bits per heavy atom. The van der Waals surface area contributed by atoms with E-state index in [1.54, 1.807) is 30.5 Å².